The highest BCUT2D eigenvalue weighted by Gasteiger charge is 2.26. The number of ether oxygens (including phenoxy) is 1. The van der Waals surface area contributed by atoms with Crippen molar-refractivity contribution in [2.75, 3.05) is 51.3 Å². The molecule has 1 amide bonds. The number of anilines is 1. The first kappa shape index (κ1) is 18.8. The second-order valence-corrected chi connectivity index (χ2v) is 8.85. The molecule has 1 aromatic rings. The van der Waals surface area contributed by atoms with Crippen molar-refractivity contribution in [3.63, 3.8) is 0 Å². The van der Waals surface area contributed by atoms with E-state index in [0.29, 0.717) is 17.7 Å². The van der Waals surface area contributed by atoms with Gasteiger partial charge in [0.2, 0.25) is 5.91 Å². The van der Waals surface area contributed by atoms with E-state index in [1.165, 1.54) is 11.3 Å². The topological polar surface area (TPSA) is 57.7 Å². The van der Waals surface area contributed by atoms with Gasteiger partial charge in [-0.25, -0.2) is 4.98 Å². The number of nitrogens with zero attached hydrogens (tertiary/aromatic N) is 3. The van der Waals surface area contributed by atoms with Crippen molar-refractivity contribution in [2.45, 2.75) is 45.1 Å². The Morgan fingerprint density at radius 1 is 1.28 bits per heavy atom. The molecule has 1 aromatic heterocycles. The van der Waals surface area contributed by atoms with Crippen molar-refractivity contribution in [3.05, 3.63) is 11.1 Å². The number of likely N-dealkylation sites (tertiary alicyclic amines) is 1. The second kappa shape index (κ2) is 8.12. The fraction of sp³-hybridized carbons (Fsp3) is 0.778. The quantitative estimate of drug-likeness (QED) is 0.885. The minimum absolute atomic E-state index is 0.0147. The van der Waals surface area contributed by atoms with Crippen LogP contribution in [0.3, 0.4) is 0 Å². The molecule has 7 heteroatoms. The van der Waals surface area contributed by atoms with E-state index in [9.17, 15) is 4.79 Å². The van der Waals surface area contributed by atoms with Gasteiger partial charge in [-0.05, 0) is 12.8 Å². The molecule has 0 atom stereocenters. The van der Waals surface area contributed by atoms with Crippen LogP contribution in [-0.2, 0) is 14.9 Å². The highest BCUT2D eigenvalue weighted by atomic mass is 32.1. The lowest BCUT2D eigenvalue weighted by molar-refractivity contribution is -0.117. The molecule has 0 spiro atoms. The van der Waals surface area contributed by atoms with Gasteiger partial charge in [0.1, 0.15) is 0 Å². The number of rotatable bonds is 4. The molecule has 25 heavy (non-hydrogen) atoms. The van der Waals surface area contributed by atoms with E-state index in [-0.39, 0.29) is 11.3 Å². The van der Waals surface area contributed by atoms with E-state index in [1.54, 1.807) is 0 Å². The molecular formula is C18H30N4O2S. The molecule has 0 bridgehead atoms. The van der Waals surface area contributed by atoms with Gasteiger partial charge in [0.05, 0.1) is 25.5 Å². The summed E-state index contributed by atoms with van der Waals surface area (Å²) in [6, 6.07) is 0.650. The van der Waals surface area contributed by atoms with E-state index in [4.69, 9.17) is 4.74 Å². The van der Waals surface area contributed by atoms with E-state index in [2.05, 4.69) is 40.9 Å². The number of nitrogens with one attached hydrogen (secondary N) is 1. The molecule has 0 aliphatic carbocycles. The van der Waals surface area contributed by atoms with E-state index in [0.717, 1.165) is 57.9 Å². The number of hydrogen-bond donors (Lipinski definition) is 1. The van der Waals surface area contributed by atoms with Gasteiger partial charge in [-0.3, -0.25) is 14.6 Å². The average molecular weight is 367 g/mol. The summed E-state index contributed by atoms with van der Waals surface area (Å²) in [7, 11) is 0. The summed E-state index contributed by atoms with van der Waals surface area (Å²) in [5.41, 5.74) is 1.04. The number of hydrogen-bond acceptors (Lipinski definition) is 6. The summed E-state index contributed by atoms with van der Waals surface area (Å²) >= 11 is 1.51. The van der Waals surface area contributed by atoms with E-state index >= 15 is 0 Å². The van der Waals surface area contributed by atoms with Crippen LogP contribution in [0.2, 0.25) is 0 Å². The molecule has 3 rings (SSSR count). The van der Waals surface area contributed by atoms with Crippen LogP contribution < -0.4 is 5.32 Å². The van der Waals surface area contributed by atoms with Gasteiger partial charge in [-0.1, -0.05) is 20.8 Å². The van der Waals surface area contributed by atoms with Crippen LogP contribution in [0.4, 0.5) is 5.13 Å². The molecule has 2 saturated heterocycles. The standard InChI is InChI=1S/C18H30N4O2S/c1-18(2,3)15-13-25-17(19-15)20-16(23)12-21-6-4-14(5-7-21)22-8-10-24-11-9-22/h13-14H,4-12H2,1-3H3,(H,19,20,23). The van der Waals surface area contributed by atoms with E-state index < -0.39 is 0 Å². The Kier molecular flexibility index (Phi) is 6.09. The average Bonchev–Trinajstić information content (AvgIpc) is 3.05. The lowest BCUT2D eigenvalue weighted by Gasteiger charge is -2.39. The lowest BCUT2D eigenvalue weighted by atomic mass is 9.93. The molecule has 3 heterocycles. The minimum Gasteiger partial charge on any atom is -0.379 e. The fourth-order valence-corrected chi connectivity index (χ4v) is 4.38. The zero-order valence-corrected chi connectivity index (χ0v) is 16.4. The molecule has 0 aromatic carbocycles. The molecular weight excluding hydrogens is 336 g/mol. The third-order valence-electron chi connectivity index (χ3n) is 5.01. The van der Waals surface area contributed by atoms with Gasteiger partial charge in [-0.2, -0.15) is 0 Å². The third kappa shape index (κ3) is 5.23. The Labute approximate surface area is 154 Å². The first-order valence-corrected chi connectivity index (χ1v) is 10.1. The molecule has 2 aliphatic heterocycles. The number of carbonyl (C=O) groups excluding carboxylic acids is 1. The Hall–Kier alpha value is -1.02. The van der Waals surface area contributed by atoms with Crippen LogP contribution in [0.1, 0.15) is 39.3 Å². The Morgan fingerprint density at radius 3 is 2.56 bits per heavy atom. The molecule has 0 radical (unpaired) electrons. The highest BCUT2D eigenvalue weighted by molar-refractivity contribution is 7.13. The zero-order chi connectivity index (χ0) is 17.9. The van der Waals surface area contributed by atoms with Crippen LogP contribution in [0, 0.1) is 0 Å². The monoisotopic (exact) mass is 366 g/mol. The number of morpholine rings is 1. The molecule has 1 N–H and O–H groups in total. The van der Waals surface area contributed by atoms with Gasteiger partial charge in [0.25, 0.3) is 0 Å². The van der Waals surface area contributed by atoms with Crippen LogP contribution in [0.5, 0.6) is 0 Å². The first-order valence-electron chi connectivity index (χ1n) is 9.22. The van der Waals surface area contributed by atoms with Gasteiger partial charge in [-0.15, -0.1) is 11.3 Å². The number of aromatic nitrogens is 1. The lowest BCUT2D eigenvalue weighted by Crippen LogP contribution is -2.50. The smallest absolute Gasteiger partial charge is 0.240 e. The molecule has 140 valence electrons. The summed E-state index contributed by atoms with van der Waals surface area (Å²) in [6.07, 6.45) is 2.28. The van der Waals surface area contributed by atoms with Crippen molar-refractivity contribution in [2.24, 2.45) is 0 Å². The van der Waals surface area contributed by atoms with Gasteiger partial charge >= 0.3 is 0 Å². The second-order valence-electron chi connectivity index (χ2n) is 7.99. The van der Waals surface area contributed by atoms with Gasteiger partial charge < -0.3 is 10.1 Å². The maximum atomic E-state index is 12.3. The van der Waals surface area contributed by atoms with Crippen LogP contribution >= 0.6 is 11.3 Å². The van der Waals surface area contributed by atoms with Crippen LogP contribution in [0.15, 0.2) is 5.38 Å². The Balaban J connectivity index is 1.42. The van der Waals surface area contributed by atoms with Crippen LogP contribution in [0.25, 0.3) is 0 Å². The van der Waals surface area contributed by atoms with Crippen molar-refractivity contribution < 1.29 is 9.53 Å². The SMILES string of the molecule is CC(C)(C)c1csc(NC(=O)CN2CCC(N3CCOCC3)CC2)n1. The normalized spacial score (nSPS) is 21.4. The molecule has 0 saturated carbocycles. The summed E-state index contributed by atoms with van der Waals surface area (Å²) in [4.78, 5) is 21.6. The summed E-state index contributed by atoms with van der Waals surface area (Å²) in [5.74, 6) is 0.0413. The predicted molar refractivity (Wildman–Crippen MR) is 101 cm³/mol. The van der Waals surface area contributed by atoms with Crippen molar-refractivity contribution in [3.8, 4) is 0 Å². The number of piperidine rings is 1. The fourth-order valence-electron chi connectivity index (χ4n) is 3.42. The molecule has 2 fully saturated rings. The summed E-state index contributed by atoms with van der Waals surface area (Å²) in [6.45, 7) is 12.6. The van der Waals surface area contributed by atoms with E-state index in [1.807, 2.05) is 5.38 Å². The van der Waals surface area contributed by atoms with Crippen molar-refractivity contribution >= 4 is 22.4 Å². The largest absolute Gasteiger partial charge is 0.379 e. The maximum absolute atomic E-state index is 12.3. The number of thiazole rings is 1. The predicted octanol–water partition coefficient (Wildman–Crippen LogP) is 2.18. The number of amides is 1. The summed E-state index contributed by atoms with van der Waals surface area (Å²) < 4.78 is 5.43. The molecule has 2 aliphatic rings. The Morgan fingerprint density at radius 2 is 1.96 bits per heavy atom. The van der Waals surface area contributed by atoms with Gasteiger partial charge in [0.15, 0.2) is 5.13 Å². The van der Waals surface area contributed by atoms with Crippen molar-refractivity contribution in [1.82, 2.24) is 14.8 Å². The zero-order valence-electron chi connectivity index (χ0n) is 15.6. The minimum atomic E-state index is 0.0147. The Bertz CT molecular complexity index is 570. The molecule has 6 nitrogen and oxygen atoms in total. The molecule has 0 unspecified atom stereocenters. The maximum Gasteiger partial charge on any atom is 0.240 e. The van der Waals surface area contributed by atoms with Crippen molar-refractivity contribution in [1.29, 1.82) is 0 Å². The van der Waals surface area contributed by atoms with Gasteiger partial charge in [0, 0.05) is 43.0 Å². The third-order valence-corrected chi connectivity index (χ3v) is 5.76. The number of carbonyl (C=O) groups is 1. The van der Waals surface area contributed by atoms with Crippen LogP contribution in [-0.4, -0.2) is 72.7 Å². The summed E-state index contributed by atoms with van der Waals surface area (Å²) in [5, 5.41) is 5.69. The first-order chi connectivity index (χ1) is 11.9. The highest BCUT2D eigenvalue weighted by Crippen LogP contribution is 2.26.